The van der Waals surface area contributed by atoms with Crippen LogP contribution in [0.1, 0.15) is 23.3 Å². The highest BCUT2D eigenvalue weighted by molar-refractivity contribution is 5.88. The minimum atomic E-state index is -1.29. The Balaban J connectivity index is 2.21. The van der Waals surface area contributed by atoms with Crippen molar-refractivity contribution in [2.75, 3.05) is 6.61 Å². The highest BCUT2D eigenvalue weighted by Crippen LogP contribution is 2.22. The van der Waals surface area contributed by atoms with Gasteiger partial charge in [-0.05, 0) is 0 Å². The van der Waals surface area contributed by atoms with E-state index < -0.39 is 30.4 Å². The summed E-state index contributed by atoms with van der Waals surface area (Å²) >= 11 is 0. The average Bonchev–Trinajstić information content (AvgIpc) is 2.74. The van der Waals surface area contributed by atoms with Crippen molar-refractivity contribution in [2.45, 2.75) is 31.0 Å². The summed E-state index contributed by atoms with van der Waals surface area (Å²) in [6, 6.07) is 0. The SMILES string of the molecule is NC(=O)c1ncn(C2OCC(O)CC(O)C2O)n1. The molecule has 1 aromatic rings. The highest BCUT2D eigenvalue weighted by Gasteiger charge is 2.34. The van der Waals surface area contributed by atoms with E-state index in [2.05, 4.69) is 10.1 Å². The first kappa shape index (κ1) is 12.9. The second-order valence-corrected chi connectivity index (χ2v) is 4.08. The molecule has 1 aromatic heterocycles. The average molecular weight is 258 g/mol. The highest BCUT2D eigenvalue weighted by atomic mass is 16.5. The fraction of sp³-hybridized carbons (Fsp3) is 0.667. The number of rotatable bonds is 2. The molecule has 1 aliphatic heterocycles. The summed E-state index contributed by atoms with van der Waals surface area (Å²) in [6.07, 6.45) is -3.19. The molecule has 0 saturated carbocycles. The molecule has 1 saturated heterocycles. The molecule has 100 valence electrons. The molecule has 0 spiro atoms. The lowest BCUT2D eigenvalue weighted by atomic mass is 10.1. The van der Waals surface area contributed by atoms with Crippen LogP contribution >= 0.6 is 0 Å². The van der Waals surface area contributed by atoms with Crippen molar-refractivity contribution in [1.29, 1.82) is 0 Å². The van der Waals surface area contributed by atoms with Crippen LogP contribution in [-0.2, 0) is 4.74 Å². The Labute approximate surface area is 102 Å². The zero-order valence-corrected chi connectivity index (χ0v) is 9.38. The van der Waals surface area contributed by atoms with E-state index in [1.54, 1.807) is 0 Å². The van der Waals surface area contributed by atoms with Gasteiger partial charge in [-0.3, -0.25) is 4.79 Å². The third-order valence-corrected chi connectivity index (χ3v) is 2.65. The number of aromatic nitrogens is 3. The largest absolute Gasteiger partial charge is 0.391 e. The maximum absolute atomic E-state index is 10.9. The number of carbonyl (C=O) groups is 1. The second-order valence-electron chi connectivity index (χ2n) is 4.08. The van der Waals surface area contributed by atoms with E-state index in [1.165, 1.54) is 6.33 Å². The number of primary amides is 1. The molecule has 0 bridgehead atoms. The van der Waals surface area contributed by atoms with Crippen LogP contribution in [0.4, 0.5) is 0 Å². The fourth-order valence-electron chi connectivity index (χ4n) is 1.73. The van der Waals surface area contributed by atoms with Gasteiger partial charge < -0.3 is 25.8 Å². The Morgan fingerprint density at radius 2 is 2.22 bits per heavy atom. The summed E-state index contributed by atoms with van der Waals surface area (Å²) in [7, 11) is 0. The molecule has 0 aromatic carbocycles. The molecule has 2 rings (SSSR count). The Kier molecular flexibility index (Phi) is 3.57. The maximum atomic E-state index is 10.9. The van der Waals surface area contributed by atoms with Crippen molar-refractivity contribution in [1.82, 2.24) is 14.8 Å². The van der Waals surface area contributed by atoms with Crippen molar-refractivity contribution in [3.05, 3.63) is 12.2 Å². The predicted molar refractivity (Wildman–Crippen MR) is 56.2 cm³/mol. The van der Waals surface area contributed by atoms with Crippen LogP contribution in [0.5, 0.6) is 0 Å². The molecule has 0 aliphatic carbocycles. The molecule has 18 heavy (non-hydrogen) atoms. The van der Waals surface area contributed by atoms with Gasteiger partial charge in [-0.2, -0.15) is 0 Å². The van der Waals surface area contributed by atoms with Gasteiger partial charge in [0.2, 0.25) is 5.82 Å². The first-order valence-corrected chi connectivity index (χ1v) is 5.35. The Morgan fingerprint density at radius 1 is 1.50 bits per heavy atom. The summed E-state index contributed by atoms with van der Waals surface area (Å²) in [4.78, 5) is 14.5. The lowest BCUT2D eigenvalue weighted by molar-refractivity contribution is -0.115. The molecule has 9 heteroatoms. The third kappa shape index (κ3) is 2.48. The standard InChI is InChI=1S/C9H14N4O5/c10-7(17)8-11-3-13(12-8)9-6(16)5(15)1-4(14)2-18-9/h3-6,9,14-16H,1-2H2,(H2,10,17). The summed E-state index contributed by atoms with van der Waals surface area (Å²) in [6.45, 7) is -0.0649. The van der Waals surface area contributed by atoms with Gasteiger partial charge in [0, 0.05) is 6.42 Å². The third-order valence-electron chi connectivity index (χ3n) is 2.65. The second kappa shape index (κ2) is 4.98. The van der Waals surface area contributed by atoms with Crippen LogP contribution in [-0.4, -0.2) is 60.9 Å². The number of nitrogens with two attached hydrogens (primary N) is 1. The monoisotopic (exact) mass is 258 g/mol. The fourth-order valence-corrected chi connectivity index (χ4v) is 1.73. The van der Waals surface area contributed by atoms with Gasteiger partial charge in [0.25, 0.3) is 5.91 Å². The molecule has 1 amide bonds. The number of nitrogens with zero attached hydrogens (tertiary/aromatic N) is 3. The number of ether oxygens (including phenoxy) is 1. The van der Waals surface area contributed by atoms with Gasteiger partial charge in [0.05, 0.1) is 18.8 Å². The minimum absolute atomic E-state index is 0.00492. The van der Waals surface area contributed by atoms with E-state index in [0.717, 1.165) is 4.68 Å². The molecule has 4 atom stereocenters. The minimum Gasteiger partial charge on any atom is -0.391 e. The van der Waals surface area contributed by atoms with E-state index in [9.17, 15) is 20.1 Å². The Morgan fingerprint density at radius 3 is 2.83 bits per heavy atom. The normalized spacial score (nSPS) is 33.1. The van der Waals surface area contributed by atoms with Crippen molar-refractivity contribution in [2.24, 2.45) is 5.73 Å². The zero-order valence-electron chi connectivity index (χ0n) is 9.38. The van der Waals surface area contributed by atoms with Crippen molar-refractivity contribution in [3.8, 4) is 0 Å². The van der Waals surface area contributed by atoms with Gasteiger partial charge in [-0.25, -0.2) is 9.67 Å². The molecule has 0 radical (unpaired) electrons. The number of hydrogen-bond donors (Lipinski definition) is 4. The molecular formula is C9H14N4O5. The lowest BCUT2D eigenvalue weighted by Gasteiger charge is -2.22. The van der Waals surface area contributed by atoms with Crippen LogP contribution in [0.3, 0.4) is 0 Å². The van der Waals surface area contributed by atoms with E-state index in [0.29, 0.717) is 0 Å². The Bertz CT molecular complexity index is 436. The van der Waals surface area contributed by atoms with Crippen LogP contribution in [0.2, 0.25) is 0 Å². The van der Waals surface area contributed by atoms with Crippen LogP contribution < -0.4 is 5.73 Å². The number of carbonyl (C=O) groups excluding carboxylic acids is 1. The predicted octanol–water partition coefficient (Wildman–Crippen LogP) is -2.62. The van der Waals surface area contributed by atoms with Crippen LogP contribution in [0.15, 0.2) is 6.33 Å². The first-order chi connectivity index (χ1) is 8.49. The summed E-state index contributed by atoms with van der Waals surface area (Å²) in [5.41, 5.74) is 5.00. The topological polar surface area (TPSA) is 144 Å². The number of hydrogen-bond acceptors (Lipinski definition) is 7. The van der Waals surface area contributed by atoms with E-state index in [4.69, 9.17) is 10.5 Å². The van der Waals surface area contributed by atoms with Gasteiger partial charge in [0.15, 0.2) is 6.23 Å². The molecule has 2 heterocycles. The molecule has 5 N–H and O–H groups in total. The number of amides is 1. The van der Waals surface area contributed by atoms with Gasteiger partial charge >= 0.3 is 0 Å². The van der Waals surface area contributed by atoms with Gasteiger partial charge in [-0.15, -0.1) is 5.10 Å². The van der Waals surface area contributed by atoms with Crippen LogP contribution in [0.25, 0.3) is 0 Å². The van der Waals surface area contributed by atoms with Crippen molar-refractivity contribution in [3.63, 3.8) is 0 Å². The molecular weight excluding hydrogens is 244 g/mol. The van der Waals surface area contributed by atoms with Crippen molar-refractivity contribution < 1.29 is 24.9 Å². The molecule has 9 nitrogen and oxygen atoms in total. The maximum Gasteiger partial charge on any atom is 0.288 e. The first-order valence-electron chi connectivity index (χ1n) is 5.35. The van der Waals surface area contributed by atoms with Crippen molar-refractivity contribution >= 4 is 5.91 Å². The zero-order chi connectivity index (χ0) is 13.3. The molecule has 1 fully saturated rings. The lowest BCUT2D eigenvalue weighted by Crippen LogP contribution is -2.35. The number of aliphatic hydroxyl groups excluding tert-OH is 3. The van der Waals surface area contributed by atoms with E-state index in [-0.39, 0.29) is 18.9 Å². The molecule has 1 aliphatic rings. The Hall–Kier alpha value is -1.55. The summed E-state index contributed by atoms with van der Waals surface area (Å²) < 4.78 is 6.31. The summed E-state index contributed by atoms with van der Waals surface area (Å²) in [5, 5.41) is 32.6. The van der Waals surface area contributed by atoms with Gasteiger partial charge in [0.1, 0.15) is 12.4 Å². The smallest absolute Gasteiger partial charge is 0.288 e. The summed E-state index contributed by atoms with van der Waals surface area (Å²) in [5.74, 6) is -1.03. The quantitative estimate of drug-likeness (QED) is 0.454. The molecule has 4 unspecified atom stereocenters. The number of aliphatic hydroxyl groups is 3. The van der Waals surface area contributed by atoms with E-state index in [1.807, 2.05) is 0 Å². The van der Waals surface area contributed by atoms with Gasteiger partial charge in [-0.1, -0.05) is 0 Å². The van der Waals surface area contributed by atoms with Crippen LogP contribution in [0, 0.1) is 0 Å². The van der Waals surface area contributed by atoms with E-state index >= 15 is 0 Å².